The van der Waals surface area contributed by atoms with E-state index < -0.39 is 0 Å². The lowest BCUT2D eigenvalue weighted by molar-refractivity contribution is 0.812. The molecule has 0 aliphatic carbocycles. The fraction of sp³-hybridized carbons (Fsp3) is 0.188. The molecule has 2 N–H and O–H groups in total. The summed E-state index contributed by atoms with van der Waals surface area (Å²) in [5.74, 6) is 0. The Labute approximate surface area is 126 Å². The van der Waals surface area contributed by atoms with Gasteiger partial charge in [-0.3, -0.25) is 0 Å². The number of fused-ring (bicyclic) bond motifs is 1. The summed E-state index contributed by atoms with van der Waals surface area (Å²) >= 11 is 3.49. The van der Waals surface area contributed by atoms with Gasteiger partial charge in [-0.1, -0.05) is 18.2 Å². The van der Waals surface area contributed by atoms with E-state index in [1.807, 2.05) is 28.9 Å². The molecule has 1 atom stereocenters. The second-order valence-corrected chi connectivity index (χ2v) is 6.00. The molecule has 0 saturated carbocycles. The summed E-state index contributed by atoms with van der Waals surface area (Å²) in [6, 6.07) is 10.1. The molecule has 0 bridgehead atoms. The van der Waals surface area contributed by atoms with Gasteiger partial charge in [-0.2, -0.15) is 0 Å². The molecule has 3 rings (SSSR count). The molecular formula is C16H16BrN3. The lowest BCUT2D eigenvalue weighted by atomic mass is 10.00. The highest BCUT2D eigenvalue weighted by molar-refractivity contribution is 9.10. The second-order valence-electron chi connectivity index (χ2n) is 5.08. The zero-order valence-corrected chi connectivity index (χ0v) is 13.1. The Bertz CT molecular complexity index is 776. The van der Waals surface area contributed by atoms with E-state index >= 15 is 0 Å². The first-order chi connectivity index (χ1) is 9.56. The van der Waals surface area contributed by atoms with Crippen LogP contribution in [0.3, 0.4) is 0 Å². The maximum atomic E-state index is 6.42. The lowest BCUT2D eigenvalue weighted by Gasteiger charge is -2.14. The van der Waals surface area contributed by atoms with Crippen LogP contribution in [-0.2, 0) is 0 Å². The standard InChI is InChI=1S/C16H16BrN3/c1-10-3-4-12(7-11(10)2)16(18)14-8-19-15-6-5-13(17)9-20(14)15/h3-9,16H,18H2,1-2H3. The van der Waals surface area contributed by atoms with Crippen LogP contribution in [0.15, 0.2) is 47.2 Å². The number of pyridine rings is 1. The Morgan fingerprint density at radius 2 is 1.95 bits per heavy atom. The molecule has 102 valence electrons. The van der Waals surface area contributed by atoms with E-state index in [-0.39, 0.29) is 6.04 Å². The van der Waals surface area contributed by atoms with Crippen molar-refractivity contribution in [3.8, 4) is 0 Å². The number of benzene rings is 1. The van der Waals surface area contributed by atoms with Gasteiger partial charge in [0.1, 0.15) is 5.65 Å². The van der Waals surface area contributed by atoms with Crippen LogP contribution in [0.4, 0.5) is 0 Å². The molecule has 0 spiro atoms. The lowest BCUT2D eigenvalue weighted by Crippen LogP contribution is -2.14. The number of hydrogen-bond acceptors (Lipinski definition) is 2. The Kier molecular flexibility index (Phi) is 3.36. The first-order valence-electron chi connectivity index (χ1n) is 6.51. The molecule has 0 aliphatic heterocycles. The van der Waals surface area contributed by atoms with Gasteiger partial charge in [-0.25, -0.2) is 4.98 Å². The van der Waals surface area contributed by atoms with Crippen molar-refractivity contribution < 1.29 is 0 Å². The number of hydrogen-bond donors (Lipinski definition) is 1. The smallest absolute Gasteiger partial charge is 0.137 e. The summed E-state index contributed by atoms with van der Waals surface area (Å²) < 4.78 is 3.04. The minimum absolute atomic E-state index is 0.182. The largest absolute Gasteiger partial charge is 0.319 e. The number of halogens is 1. The molecule has 2 aromatic heterocycles. The number of nitrogens with zero attached hydrogens (tertiary/aromatic N) is 2. The molecule has 0 saturated heterocycles. The average Bonchev–Trinajstić information content (AvgIpc) is 2.84. The zero-order valence-electron chi connectivity index (χ0n) is 11.5. The van der Waals surface area contributed by atoms with Crippen molar-refractivity contribution >= 4 is 21.6 Å². The number of imidazole rings is 1. The third-order valence-corrected chi connectivity index (χ3v) is 4.18. The van der Waals surface area contributed by atoms with Crippen LogP contribution < -0.4 is 5.73 Å². The minimum atomic E-state index is -0.182. The quantitative estimate of drug-likeness (QED) is 0.777. The van der Waals surface area contributed by atoms with E-state index in [0.717, 1.165) is 21.4 Å². The van der Waals surface area contributed by atoms with Crippen LogP contribution in [0, 0.1) is 13.8 Å². The molecule has 0 radical (unpaired) electrons. The van der Waals surface area contributed by atoms with Gasteiger partial charge in [0.2, 0.25) is 0 Å². The highest BCUT2D eigenvalue weighted by atomic mass is 79.9. The molecule has 1 unspecified atom stereocenters. The van der Waals surface area contributed by atoms with Gasteiger partial charge in [-0.15, -0.1) is 0 Å². The van der Waals surface area contributed by atoms with Crippen LogP contribution in [0.25, 0.3) is 5.65 Å². The van der Waals surface area contributed by atoms with Crippen LogP contribution in [0.5, 0.6) is 0 Å². The van der Waals surface area contributed by atoms with Crippen molar-refractivity contribution in [1.82, 2.24) is 9.38 Å². The number of aryl methyl sites for hydroxylation is 2. The van der Waals surface area contributed by atoms with E-state index in [1.165, 1.54) is 11.1 Å². The summed E-state index contributed by atoms with van der Waals surface area (Å²) in [4.78, 5) is 4.41. The molecule has 0 fully saturated rings. The molecule has 1 aromatic carbocycles. The van der Waals surface area contributed by atoms with E-state index in [9.17, 15) is 0 Å². The number of rotatable bonds is 2. The van der Waals surface area contributed by atoms with Crippen LogP contribution in [-0.4, -0.2) is 9.38 Å². The molecule has 3 nitrogen and oxygen atoms in total. The Balaban J connectivity index is 2.09. The molecule has 4 heteroatoms. The third-order valence-electron chi connectivity index (χ3n) is 3.71. The normalized spacial score (nSPS) is 12.8. The summed E-state index contributed by atoms with van der Waals surface area (Å²) in [5.41, 5.74) is 12.0. The maximum Gasteiger partial charge on any atom is 0.137 e. The minimum Gasteiger partial charge on any atom is -0.319 e. The first kappa shape index (κ1) is 13.3. The van der Waals surface area contributed by atoms with E-state index in [1.54, 1.807) is 0 Å². The van der Waals surface area contributed by atoms with Crippen molar-refractivity contribution in [3.05, 3.63) is 69.6 Å². The monoisotopic (exact) mass is 329 g/mol. The van der Waals surface area contributed by atoms with E-state index in [4.69, 9.17) is 5.73 Å². The first-order valence-corrected chi connectivity index (χ1v) is 7.31. The maximum absolute atomic E-state index is 6.42. The topological polar surface area (TPSA) is 43.3 Å². The van der Waals surface area contributed by atoms with Crippen LogP contribution >= 0.6 is 15.9 Å². The van der Waals surface area contributed by atoms with Crippen molar-refractivity contribution in [1.29, 1.82) is 0 Å². The van der Waals surface area contributed by atoms with Crippen molar-refractivity contribution in [2.45, 2.75) is 19.9 Å². The highest BCUT2D eigenvalue weighted by Gasteiger charge is 2.14. The van der Waals surface area contributed by atoms with Gasteiger partial charge >= 0.3 is 0 Å². The SMILES string of the molecule is Cc1ccc(C(N)c2cnc3ccc(Br)cn23)cc1C. The third kappa shape index (κ3) is 2.25. The van der Waals surface area contributed by atoms with Crippen molar-refractivity contribution in [2.24, 2.45) is 5.73 Å². The van der Waals surface area contributed by atoms with Crippen molar-refractivity contribution in [3.63, 3.8) is 0 Å². The second kappa shape index (κ2) is 5.04. The predicted octanol–water partition coefficient (Wildman–Crippen LogP) is 3.76. The molecule has 0 aliphatic rings. The molecule has 2 heterocycles. The summed E-state index contributed by atoms with van der Waals surface area (Å²) in [5, 5.41) is 0. The van der Waals surface area contributed by atoms with Crippen molar-refractivity contribution in [2.75, 3.05) is 0 Å². The fourth-order valence-corrected chi connectivity index (χ4v) is 2.67. The summed E-state index contributed by atoms with van der Waals surface area (Å²) in [7, 11) is 0. The Morgan fingerprint density at radius 1 is 1.15 bits per heavy atom. The molecule has 0 amide bonds. The van der Waals surface area contributed by atoms with Crippen LogP contribution in [0.2, 0.25) is 0 Å². The Morgan fingerprint density at radius 3 is 2.70 bits per heavy atom. The molecule has 20 heavy (non-hydrogen) atoms. The summed E-state index contributed by atoms with van der Waals surface area (Å²) in [6.07, 6.45) is 3.85. The van der Waals surface area contributed by atoms with Gasteiger partial charge in [0.05, 0.1) is 17.9 Å². The Hall–Kier alpha value is -1.65. The number of nitrogens with two attached hydrogens (primary N) is 1. The average molecular weight is 330 g/mol. The summed E-state index contributed by atoms with van der Waals surface area (Å²) in [6.45, 7) is 4.21. The zero-order chi connectivity index (χ0) is 14.3. The fourth-order valence-electron chi connectivity index (χ4n) is 2.33. The van der Waals surface area contributed by atoms with Gasteiger partial charge in [0.15, 0.2) is 0 Å². The van der Waals surface area contributed by atoms with Crippen LogP contribution in [0.1, 0.15) is 28.4 Å². The molecular weight excluding hydrogens is 314 g/mol. The van der Waals surface area contributed by atoms with Gasteiger partial charge in [0, 0.05) is 10.7 Å². The molecule has 3 aromatic rings. The highest BCUT2D eigenvalue weighted by Crippen LogP contribution is 2.23. The van der Waals surface area contributed by atoms with Gasteiger partial charge in [-0.05, 0) is 58.6 Å². The van der Waals surface area contributed by atoms with E-state index in [2.05, 4.69) is 53.0 Å². The van der Waals surface area contributed by atoms with Gasteiger partial charge in [0.25, 0.3) is 0 Å². The predicted molar refractivity (Wildman–Crippen MR) is 84.8 cm³/mol. The van der Waals surface area contributed by atoms with Gasteiger partial charge < -0.3 is 10.1 Å². The van der Waals surface area contributed by atoms with E-state index in [0.29, 0.717) is 0 Å². The number of aromatic nitrogens is 2.